The number of benzene rings is 1. The molecule has 1 nitrogen and oxygen atoms in total. The van der Waals surface area contributed by atoms with E-state index in [0.717, 1.165) is 6.54 Å². The molecule has 0 saturated heterocycles. The molecule has 1 rings (SSSR count). The average molecular weight is 261 g/mol. The predicted octanol–water partition coefficient (Wildman–Crippen LogP) is 4.83. The molecule has 1 aromatic carbocycles. The van der Waals surface area contributed by atoms with Crippen LogP contribution >= 0.6 is 0 Å². The molecule has 1 heteroatoms. The Morgan fingerprint density at radius 1 is 1.11 bits per heavy atom. The SMILES string of the molecule is CCCC(CCC)(CNC(C)C)c1cccc(C)c1. The summed E-state index contributed by atoms with van der Waals surface area (Å²) in [6.45, 7) is 12.4. The largest absolute Gasteiger partial charge is 0.314 e. The zero-order valence-corrected chi connectivity index (χ0v) is 13.4. The number of nitrogens with one attached hydrogen (secondary N) is 1. The summed E-state index contributed by atoms with van der Waals surface area (Å²) in [4.78, 5) is 0. The van der Waals surface area contributed by atoms with Gasteiger partial charge in [-0.25, -0.2) is 0 Å². The highest BCUT2D eigenvalue weighted by Gasteiger charge is 2.30. The standard InChI is InChI=1S/C18H31N/c1-6-11-18(12-7-2,14-19-15(3)4)17-10-8-9-16(5)13-17/h8-10,13,15,19H,6-7,11-12,14H2,1-5H3. The fourth-order valence-corrected chi connectivity index (χ4v) is 3.02. The Morgan fingerprint density at radius 3 is 2.21 bits per heavy atom. The Kier molecular flexibility index (Phi) is 6.57. The van der Waals surface area contributed by atoms with Gasteiger partial charge in [-0.1, -0.05) is 70.4 Å². The summed E-state index contributed by atoms with van der Waals surface area (Å²) >= 11 is 0. The third kappa shape index (κ3) is 4.65. The third-order valence-corrected chi connectivity index (χ3v) is 3.94. The first-order chi connectivity index (χ1) is 9.04. The maximum atomic E-state index is 3.67. The molecule has 0 saturated carbocycles. The van der Waals surface area contributed by atoms with E-state index in [1.54, 1.807) is 0 Å². The van der Waals surface area contributed by atoms with Gasteiger partial charge in [0.05, 0.1) is 0 Å². The Labute approximate surface area is 119 Å². The number of hydrogen-bond donors (Lipinski definition) is 1. The minimum Gasteiger partial charge on any atom is -0.314 e. The van der Waals surface area contributed by atoms with Crippen molar-refractivity contribution >= 4 is 0 Å². The highest BCUT2D eigenvalue weighted by molar-refractivity contribution is 5.30. The van der Waals surface area contributed by atoms with E-state index in [1.165, 1.54) is 36.8 Å². The second-order valence-corrected chi connectivity index (χ2v) is 6.19. The van der Waals surface area contributed by atoms with Crippen molar-refractivity contribution in [2.75, 3.05) is 6.54 Å². The van der Waals surface area contributed by atoms with Gasteiger partial charge in [-0.3, -0.25) is 0 Å². The van der Waals surface area contributed by atoms with Crippen LogP contribution in [0, 0.1) is 6.92 Å². The number of aryl methyl sites for hydroxylation is 1. The van der Waals surface area contributed by atoms with E-state index in [2.05, 4.69) is 64.2 Å². The molecule has 1 N–H and O–H groups in total. The van der Waals surface area contributed by atoms with Crippen molar-refractivity contribution in [2.45, 2.75) is 71.8 Å². The molecule has 19 heavy (non-hydrogen) atoms. The monoisotopic (exact) mass is 261 g/mol. The fraction of sp³-hybridized carbons (Fsp3) is 0.667. The highest BCUT2D eigenvalue weighted by atomic mass is 14.9. The van der Waals surface area contributed by atoms with Gasteiger partial charge in [0, 0.05) is 18.0 Å². The van der Waals surface area contributed by atoms with Gasteiger partial charge in [-0.2, -0.15) is 0 Å². The Hall–Kier alpha value is -0.820. The van der Waals surface area contributed by atoms with Crippen molar-refractivity contribution < 1.29 is 0 Å². The lowest BCUT2D eigenvalue weighted by Crippen LogP contribution is -2.41. The molecule has 0 bridgehead atoms. The van der Waals surface area contributed by atoms with E-state index in [-0.39, 0.29) is 0 Å². The smallest absolute Gasteiger partial charge is 0.00777 e. The van der Waals surface area contributed by atoms with Crippen LogP contribution in [0.5, 0.6) is 0 Å². The second kappa shape index (κ2) is 7.69. The molecule has 0 unspecified atom stereocenters. The topological polar surface area (TPSA) is 12.0 Å². The quantitative estimate of drug-likeness (QED) is 0.706. The van der Waals surface area contributed by atoms with Crippen LogP contribution in [0.4, 0.5) is 0 Å². The van der Waals surface area contributed by atoms with E-state index < -0.39 is 0 Å². The minimum absolute atomic E-state index is 0.305. The van der Waals surface area contributed by atoms with Gasteiger partial charge >= 0.3 is 0 Å². The van der Waals surface area contributed by atoms with Crippen molar-refractivity contribution in [2.24, 2.45) is 0 Å². The molecule has 0 heterocycles. The van der Waals surface area contributed by atoms with Crippen molar-refractivity contribution in [3.63, 3.8) is 0 Å². The third-order valence-electron chi connectivity index (χ3n) is 3.94. The van der Waals surface area contributed by atoms with Gasteiger partial charge in [-0.15, -0.1) is 0 Å². The molecule has 0 spiro atoms. The average Bonchev–Trinajstić information content (AvgIpc) is 2.36. The molecule has 0 aromatic heterocycles. The zero-order chi connectivity index (χ0) is 14.3. The first-order valence-electron chi connectivity index (χ1n) is 7.84. The van der Waals surface area contributed by atoms with Gasteiger partial charge in [0.2, 0.25) is 0 Å². The van der Waals surface area contributed by atoms with E-state index in [1.807, 2.05) is 0 Å². The van der Waals surface area contributed by atoms with Gasteiger partial charge < -0.3 is 5.32 Å². The zero-order valence-electron chi connectivity index (χ0n) is 13.4. The number of hydrogen-bond acceptors (Lipinski definition) is 1. The van der Waals surface area contributed by atoms with E-state index in [4.69, 9.17) is 0 Å². The molecular weight excluding hydrogens is 230 g/mol. The summed E-state index contributed by atoms with van der Waals surface area (Å²) in [7, 11) is 0. The molecule has 0 radical (unpaired) electrons. The van der Waals surface area contributed by atoms with Crippen LogP contribution in [0.25, 0.3) is 0 Å². The summed E-state index contributed by atoms with van der Waals surface area (Å²) < 4.78 is 0. The summed E-state index contributed by atoms with van der Waals surface area (Å²) in [6.07, 6.45) is 5.02. The Bertz CT molecular complexity index is 362. The molecular formula is C18H31N. The molecule has 0 atom stereocenters. The van der Waals surface area contributed by atoms with Crippen molar-refractivity contribution in [1.29, 1.82) is 0 Å². The van der Waals surface area contributed by atoms with Gasteiger partial charge in [0.25, 0.3) is 0 Å². The van der Waals surface area contributed by atoms with E-state index in [0.29, 0.717) is 11.5 Å². The Morgan fingerprint density at radius 2 is 1.74 bits per heavy atom. The van der Waals surface area contributed by atoms with Crippen LogP contribution in [-0.2, 0) is 5.41 Å². The van der Waals surface area contributed by atoms with Crippen LogP contribution < -0.4 is 5.32 Å². The van der Waals surface area contributed by atoms with Crippen molar-refractivity contribution in [1.82, 2.24) is 5.32 Å². The van der Waals surface area contributed by atoms with E-state index in [9.17, 15) is 0 Å². The summed E-state index contributed by atoms with van der Waals surface area (Å²) in [5, 5.41) is 3.67. The molecule has 0 aliphatic rings. The predicted molar refractivity (Wildman–Crippen MR) is 85.8 cm³/mol. The van der Waals surface area contributed by atoms with Crippen LogP contribution in [0.2, 0.25) is 0 Å². The second-order valence-electron chi connectivity index (χ2n) is 6.19. The molecule has 1 aromatic rings. The fourth-order valence-electron chi connectivity index (χ4n) is 3.02. The minimum atomic E-state index is 0.305. The molecule has 0 aliphatic heterocycles. The van der Waals surface area contributed by atoms with Crippen molar-refractivity contribution in [3.8, 4) is 0 Å². The lowest BCUT2D eigenvalue weighted by atomic mass is 9.73. The number of rotatable bonds is 8. The van der Waals surface area contributed by atoms with Gasteiger partial charge in [0.15, 0.2) is 0 Å². The molecule has 0 fully saturated rings. The van der Waals surface area contributed by atoms with Crippen LogP contribution in [0.15, 0.2) is 24.3 Å². The van der Waals surface area contributed by atoms with E-state index >= 15 is 0 Å². The van der Waals surface area contributed by atoms with Crippen LogP contribution in [-0.4, -0.2) is 12.6 Å². The lowest BCUT2D eigenvalue weighted by Gasteiger charge is -2.36. The summed E-state index contributed by atoms with van der Waals surface area (Å²) in [5.41, 5.74) is 3.20. The van der Waals surface area contributed by atoms with Crippen LogP contribution in [0.3, 0.4) is 0 Å². The summed E-state index contributed by atoms with van der Waals surface area (Å²) in [5.74, 6) is 0. The van der Waals surface area contributed by atoms with Crippen molar-refractivity contribution in [3.05, 3.63) is 35.4 Å². The normalized spacial score (nSPS) is 12.1. The van der Waals surface area contributed by atoms with Gasteiger partial charge in [0.1, 0.15) is 0 Å². The first-order valence-corrected chi connectivity index (χ1v) is 7.84. The molecule has 108 valence electrons. The Balaban J connectivity index is 3.06. The molecule has 0 aliphatic carbocycles. The first kappa shape index (κ1) is 16.2. The van der Waals surface area contributed by atoms with Gasteiger partial charge in [-0.05, 0) is 25.3 Å². The van der Waals surface area contributed by atoms with Crippen LogP contribution in [0.1, 0.15) is 64.5 Å². The maximum absolute atomic E-state index is 3.67. The molecule has 0 amide bonds. The summed E-state index contributed by atoms with van der Waals surface area (Å²) in [6, 6.07) is 9.66. The highest BCUT2D eigenvalue weighted by Crippen LogP contribution is 2.34. The lowest BCUT2D eigenvalue weighted by molar-refractivity contribution is 0.324. The maximum Gasteiger partial charge on any atom is 0.00777 e.